The molecule has 76 valence electrons. The minimum atomic E-state index is -0.793. The first-order valence-corrected chi connectivity index (χ1v) is 4.98. The molecule has 1 aliphatic rings. The smallest absolute Gasteiger partial charge is 0.122 e. The van der Waals surface area contributed by atoms with Gasteiger partial charge in [0.25, 0.3) is 0 Å². The molecule has 1 aromatic rings. The predicted octanol–water partition coefficient (Wildman–Crippen LogP) is 3.08. The zero-order chi connectivity index (χ0) is 10.2. The van der Waals surface area contributed by atoms with E-state index in [-0.39, 0.29) is 5.41 Å². The fraction of sp³-hybridized carbons (Fsp3) is 0.500. The molecule has 0 spiro atoms. The molecule has 1 saturated carbocycles. The first-order valence-electron chi connectivity index (χ1n) is 4.98. The molecular weight excluding hydrogens is 179 g/mol. The Kier molecular flexibility index (Phi) is 2.22. The molecule has 1 aromatic carbocycles. The minimum Gasteiger partial charge on any atom is -0.496 e. The standard InChI is InChI=1S/C12H15FO/c1-9(13)12(7-8-12)10-5-3-4-6-11(10)14-2/h3-6,9H,7-8H2,1-2H3. The molecule has 0 bridgehead atoms. The minimum absolute atomic E-state index is 0.257. The fourth-order valence-electron chi connectivity index (χ4n) is 2.07. The van der Waals surface area contributed by atoms with Gasteiger partial charge in [0.2, 0.25) is 0 Å². The van der Waals surface area contributed by atoms with Gasteiger partial charge in [0.15, 0.2) is 0 Å². The van der Waals surface area contributed by atoms with Crippen LogP contribution in [-0.4, -0.2) is 13.3 Å². The van der Waals surface area contributed by atoms with Crippen LogP contribution in [-0.2, 0) is 5.41 Å². The third kappa shape index (κ3) is 1.29. The Labute approximate surface area is 83.9 Å². The van der Waals surface area contributed by atoms with Crippen LogP contribution in [0, 0.1) is 0 Å². The third-order valence-corrected chi connectivity index (χ3v) is 3.19. The van der Waals surface area contributed by atoms with Gasteiger partial charge in [-0.25, -0.2) is 4.39 Å². The predicted molar refractivity (Wildman–Crippen MR) is 54.5 cm³/mol. The van der Waals surface area contributed by atoms with Gasteiger partial charge >= 0.3 is 0 Å². The molecule has 0 N–H and O–H groups in total. The van der Waals surface area contributed by atoms with E-state index in [1.807, 2.05) is 24.3 Å². The lowest BCUT2D eigenvalue weighted by Gasteiger charge is -2.19. The molecule has 0 amide bonds. The lowest BCUT2D eigenvalue weighted by Crippen LogP contribution is -2.19. The maximum absolute atomic E-state index is 13.5. The van der Waals surface area contributed by atoms with Crippen molar-refractivity contribution >= 4 is 0 Å². The van der Waals surface area contributed by atoms with Gasteiger partial charge in [-0.2, -0.15) is 0 Å². The molecule has 0 saturated heterocycles. The van der Waals surface area contributed by atoms with E-state index in [1.54, 1.807) is 14.0 Å². The van der Waals surface area contributed by atoms with E-state index in [9.17, 15) is 4.39 Å². The Morgan fingerprint density at radius 2 is 2.00 bits per heavy atom. The molecule has 2 heteroatoms. The van der Waals surface area contributed by atoms with Gasteiger partial charge in [-0.15, -0.1) is 0 Å². The molecular formula is C12H15FO. The molecule has 1 unspecified atom stereocenters. The number of hydrogen-bond donors (Lipinski definition) is 0. The SMILES string of the molecule is COc1ccccc1C1(C(C)F)CC1. The number of methoxy groups -OCH3 is 1. The molecule has 14 heavy (non-hydrogen) atoms. The van der Waals surface area contributed by atoms with Crippen molar-refractivity contribution in [2.24, 2.45) is 0 Å². The zero-order valence-electron chi connectivity index (χ0n) is 8.59. The van der Waals surface area contributed by atoms with Crippen molar-refractivity contribution in [3.05, 3.63) is 29.8 Å². The van der Waals surface area contributed by atoms with E-state index in [0.717, 1.165) is 24.2 Å². The largest absolute Gasteiger partial charge is 0.496 e. The summed E-state index contributed by atoms with van der Waals surface area (Å²) in [4.78, 5) is 0. The molecule has 1 aliphatic carbocycles. The average molecular weight is 194 g/mol. The van der Waals surface area contributed by atoms with Crippen molar-refractivity contribution in [3.8, 4) is 5.75 Å². The summed E-state index contributed by atoms with van der Waals surface area (Å²) in [5.41, 5.74) is 0.768. The van der Waals surface area contributed by atoms with Crippen molar-refractivity contribution in [2.45, 2.75) is 31.4 Å². The molecule has 0 radical (unpaired) electrons. The Morgan fingerprint density at radius 3 is 2.50 bits per heavy atom. The second-order valence-electron chi connectivity index (χ2n) is 3.97. The van der Waals surface area contributed by atoms with Crippen LogP contribution in [0.4, 0.5) is 4.39 Å². The Bertz CT molecular complexity index is 329. The number of hydrogen-bond acceptors (Lipinski definition) is 1. The van der Waals surface area contributed by atoms with Crippen molar-refractivity contribution in [1.29, 1.82) is 0 Å². The van der Waals surface area contributed by atoms with Crippen LogP contribution >= 0.6 is 0 Å². The van der Waals surface area contributed by atoms with Gasteiger partial charge in [-0.1, -0.05) is 18.2 Å². The number of para-hydroxylation sites is 1. The molecule has 1 atom stereocenters. The van der Waals surface area contributed by atoms with Crippen molar-refractivity contribution < 1.29 is 9.13 Å². The van der Waals surface area contributed by atoms with E-state index in [2.05, 4.69) is 0 Å². The third-order valence-electron chi connectivity index (χ3n) is 3.19. The fourth-order valence-corrected chi connectivity index (χ4v) is 2.07. The first-order chi connectivity index (χ1) is 6.70. The summed E-state index contributed by atoms with van der Waals surface area (Å²) in [6.07, 6.45) is 1.08. The highest BCUT2D eigenvalue weighted by Gasteiger charge is 2.50. The molecule has 0 aromatic heterocycles. The molecule has 0 heterocycles. The van der Waals surface area contributed by atoms with Gasteiger partial charge in [0.1, 0.15) is 11.9 Å². The van der Waals surface area contributed by atoms with Crippen molar-refractivity contribution in [2.75, 3.05) is 7.11 Å². The topological polar surface area (TPSA) is 9.23 Å². The highest BCUT2D eigenvalue weighted by molar-refractivity contribution is 5.44. The summed E-state index contributed by atoms with van der Waals surface area (Å²) in [5, 5.41) is 0. The van der Waals surface area contributed by atoms with Crippen LogP contribution in [0.2, 0.25) is 0 Å². The second-order valence-corrected chi connectivity index (χ2v) is 3.97. The zero-order valence-corrected chi connectivity index (χ0v) is 8.59. The summed E-state index contributed by atoms with van der Waals surface area (Å²) in [7, 11) is 1.64. The maximum atomic E-state index is 13.5. The Balaban J connectivity index is 2.41. The Hall–Kier alpha value is -1.05. The van der Waals surface area contributed by atoms with Gasteiger partial charge in [-0.3, -0.25) is 0 Å². The number of benzene rings is 1. The van der Waals surface area contributed by atoms with Crippen LogP contribution in [0.3, 0.4) is 0 Å². The van der Waals surface area contributed by atoms with Gasteiger partial charge in [0, 0.05) is 11.0 Å². The average Bonchev–Trinajstić information content (AvgIpc) is 2.98. The van der Waals surface area contributed by atoms with E-state index >= 15 is 0 Å². The second kappa shape index (κ2) is 3.26. The number of rotatable bonds is 3. The lowest BCUT2D eigenvalue weighted by atomic mass is 9.91. The maximum Gasteiger partial charge on any atom is 0.122 e. The van der Waals surface area contributed by atoms with Gasteiger partial charge < -0.3 is 4.74 Å². The van der Waals surface area contributed by atoms with Crippen molar-refractivity contribution in [1.82, 2.24) is 0 Å². The highest BCUT2D eigenvalue weighted by Crippen LogP contribution is 2.54. The number of ether oxygens (including phenoxy) is 1. The van der Waals surface area contributed by atoms with Crippen molar-refractivity contribution in [3.63, 3.8) is 0 Å². The lowest BCUT2D eigenvalue weighted by molar-refractivity contribution is 0.283. The number of halogens is 1. The van der Waals surface area contributed by atoms with Gasteiger partial charge in [-0.05, 0) is 25.8 Å². The summed E-state index contributed by atoms with van der Waals surface area (Å²) < 4.78 is 18.7. The van der Waals surface area contributed by atoms with Crippen LogP contribution < -0.4 is 4.74 Å². The summed E-state index contributed by atoms with van der Waals surface area (Å²) >= 11 is 0. The molecule has 2 rings (SSSR count). The van der Waals surface area contributed by atoms with E-state index in [1.165, 1.54) is 0 Å². The number of alkyl halides is 1. The molecule has 1 nitrogen and oxygen atoms in total. The highest BCUT2D eigenvalue weighted by atomic mass is 19.1. The van der Waals surface area contributed by atoms with Crippen LogP contribution in [0.5, 0.6) is 5.75 Å². The van der Waals surface area contributed by atoms with E-state index in [4.69, 9.17) is 4.74 Å². The van der Waals surface area contributed by atoms with E-state index in [0.29, 0.717) is 0 Å². The summed E-state index contributed by atoms with van der Waals surface area (Å²) in [5.74, 6) is 0.814. The Morgan fingerprint density at radius 1 is 1.36 bits per heavy atom. The molecule has 1 fully saturated rings. The molecule has 0 aliphatic heterocycles. The normalized spacial score (nSPS) is 20.2. The van der Waals surface area contributed by atoms with Crippen LogP contribution in [0.25, 0.3) is 0 Å². The summed E-state index contributed by atoms with van der Waals surface area (Å²) in [6.45, 7) is 1.64. The monoisotopic (exact) mass is 194 g/mol. The first kappa shape index (κ1) is 9.50. The van der Waals surface area contributed by atoms with E-state index < -0.39 is 6.17 Å². The van der Waals surface area contributed by atoms with Crippen LogP contribution in [0.1, 0.15) is 25.3 Å². The quantitative estimate of drug-likeness (QED) is 0.718. The summed E-state index contributed by atoms with van der Waals surface area (Å²) in [6, 6.07) is 7.74. The van der Waals surface area contributed by atoms with Crippen LogP contribution in [0.15, 0.2) is 24.3 Å². The van der Waals surface area contributed by atoms with Gasteiger partial charge in [0.05, 0.1) is 7.11 Å².